The number of thiophene rings is 1. The Morgan fingerprint density at radius 3 is 2.62 bits per heavy atom. The van der Waals surface area contributed by atoms with Gasteiger partial charge >= 0.3 is 0 Å². The SMILES string of the molecule is CC(C)(C(=O)NCCCc1ccc(Cl)s1)S(=O)(=O)C1CC1. The van der Waals surface area contributed by atoms with Gasteiger partial charge in [-0.15, -0.1) is 11.3 Å². The second kappa shape index (κ2) is 6.26. The molecule has 1 heterocycles. The van der Waals surface area contributed by atoms with Crippen LogP contribution < -0.4 is 5.32 Å². The summed E-state index contributed by atoms with van der Waals surface area (Å²) in [6.45, 7) is 3.46. The van der Waals surface area contributed by atoms with Crippen molar-refractivity contribution in [1.82, 2.24) is 5.32 Å². The first-order valence-electron chi connectivity index (χ1n) is 7.01. The molecule has 1 saturated carbocycles. The third kappa shape index (κ3) is 3.79. The van der Waals surface area contributed by atoms with E-state index < -0.39 is 20.5 Å². The molecule has 0 spiro atoms. The van der Waals surface area contributed by atoms with Gasteiger partial charge in [0.05, 0.1) is 9.59 Å². The molecular formula is C14H20ClNO3S2. The van der Waals surface area contributed by atoms with Gasteiger partial charge in [0.1, 0.15) is 4.75 Å². The van der Waals surface area contributed by atoms with E-state index in [0.29, 0.717) is 19.4 Å². The van der Waals surface area contributed by atoms with E-state index in [2.05, 4.69) is 5.32 Å². The van der Waals surface area contributed by atoms with Crippen LogP contribution in [0.1, 0.15) is 38.0 Å². The van der Waals surface area contributed by atoms with Crippen LogP contribution in [0, 0.1) is 0 Å². The van der Waals surface area contributed by atoms with E-state index in [4.69, 9.17) is 11.6 Å². The molecular weight excluding hydrogens is 330 g/mol. The molecule has 0 atom stereocenters. The summed E-state index contributed by atoms with van der Waals surface area (Å²) in [5.41, 5.74) is 0. The third-order valence-electron chi connectivity index (χ3n) is 3.74. The summed E-state index contributed by atoms with van der Waals surface area (Å²) < 4.78 is 23.9. The highest BCUT2D eigenvalue weighted by atomic mass is 35.5. The molecule has 118 valence electrons. The third-order valence-corrected chi connectivity index (χ3v) is 7.98. The van der Waals surface area contributed by atoms with Gasteiger partial charge in [-0.25, -0.2) is 8.42 Å². The Hall–Kier alpha value is -0.590. The van der Waals surface area contributed by atoms with Gasteiger partial charge in [0, 0.05) is 11.4 Å². The van der Waals surface area contributed by atoms with E-state index in [1.54, 1.807) is 0 Å². The normalized spacial score (nSPS) is 16.0. The van der Waals surface area contributed by atoms with E-state index in [0.717, 1.165) is 17.2 Å². The van der Waals surface area contributed by atoms with Crippen molar-refractivity contribution in [2.24, 2.45) is 0 Å². The van der Waals surface area contributed by atoms with E-state index >= 15 is 0 Å². The molecule has 1 aliphatic carbocycles. The molecule has 1 amide bonds. The van der Waals surface area contributed by atoms with Crippen LogP contribution in [0.3, 0.4) is 0 Å². The van der Waals surface area contributed by atoms with Crippen LogP contribution in [-0.4, -0.2) is 30.9 Å². The number of aryl methyl sites for hydroxylation is 1. The van der Waals surface area contributed by atoms with Crippen LogP contribution >= 0.6 is 22.9 Å². The Bertz CT molecular complexity index is 618. The Morgan fingerprint density at radius 1 is 1.43 bits per heavy atom. The van der Waals surface area contributed by atoms with Gasteiger partial charge in [-0.3, -0.25) is 4.79 Å². The van der Waals surface area contributed by atoms with Gasteiger partial charge in [0.2, 0.25) is 5.91 Å². The molecule has 7 heteroatoms. The Labute approximate surface area is 134 Å². The predicted molar refractivity (Wildman–Crippen MR) is 86.7 cm³/mol. The molecule has 0 aliphatic heterocycles. The fraction of sp³-hybridized carbons (Fsp3) is 0.643. The first-order chi connectivity index (χ1) is 9.75. The topological polar surface area (TPSA) is 63.2 Å². The Balaban J connectivity index is 1.81. The van der Waals surface area contributed by atoms with Gasteiger partial charge in [-0.1, -0.05) is 11.6 Å². The quantitative estimate of drug-likeness (QED) is 0.770. The van der Waals surface area contributed by atoms with Crippen molar-refractivity contribution in [2.75, 3.05) is 6.54 Å². The largest absolute Gasteiger partial charge is 0.355 e. The molecule has 0 radical (unpaired) electrons. The maximum absolute atomic E-state index is 12.2. The minimum absolute atomic E-state index is 0.327. The second-order valence-corrected chi connectivity index (χ2v) is 10.4. The van der Waals surface area contributed by atoms with Crippen LogP contribution in [0.15, 0.2) is 12.1 Å². The number of carbonyl (C=O) groups excluding carboxylic acids is 1. The molecule has 4 nitrogen and oxygen atoms in total. The monoisotopic (exact) mass is 349 g/mol. The lowest BCUT2D eigenvalue weighted by molar-refractivity contribution is -0.122. The molecule has 0 bridgehead atoms. The highest BCUT2D eigenvalue weighted by Gasteiger charge is 2.50. The first kappa shape index (κ1) is 16.8. The zero-order valence-corrected chi connectivity index (χ0v) is 14.6. The molecule has 21 heavy (non-hydrogen) atoms. The predicted octanol–water partition coefficient (Wildman–Crippen LogP) is 2.81. The molecule has 0 saturated heterocycles. The molecule has 0 unspecified atom stereocenters. The lowest BCUT2D eigenvalue weighted by atomic mass is 10.2. The van der Waals surface area contributed by atoms with E-state index in [-0.39, 0.29) is 5.25 Å². The van der Waals surface area contributed by atoms with Crippen LogP contribution in [0.2, 0.25) is 4.34 Å². The highest BCUT2D eigenvalue weighted by Crippen LogP contribution is 2.36. The van der Waals surface area contributed by atoms with Crippen LogP contribution in [0.25, 0.3) is 0 Å². The van der Waals surface area contributed by atoms with Gasteiger partial charge in [-0.05, 0) is 51.7 Å². The van der Waals surface area contributed by atoms with Gasteiger partial charge in [0.25, 0.3) is 0 Å². The van der Waals surface area contributed by atoms with Crippen molar-refractivity contribution in [3.63, 3.8) is 0 Å². The summed E-state index contributed by atoms with van der Waals surface area (Å²) in [5.74, 6) is -0.404. The number of amides is 1. The second-order valence-electron chi connectivity index (χ2n) is 5.82. The molecule has 2 rings (SSSR count). The molecule has 1 fully saturated rings. The number of rotatable bonds is 7. The lowest BCUT2D eigenvalue weighted by Crippen LogP contribution is -2.49. The zero-order chi connectivity index (χ0) is 15.7. The summed E-state index contributed by atoms with van der Waals surface area (Å²) in [6, 6.07) is 3.82. The minimum atomic E-state index is -3.38. The average Bonchev–Trinajstić information content (AvgIpc) is 3.19. The smallest absolute Gasteiger partial charge is 0.240 e. The van der Waals surface area contributed by atoms with Gasteiger partial charge in [0.15, 0.2) is 9.84 Å². The van der Waals surface area contributed by atoms with Crippen molar-refractivity contribution in [1.29, 1.82) is 0 Å². The van der Waals surface area contributed by atoms with Crippen molar-refractivity contribution in [3.05, 3.63) is 21.3 Å². The summed E-state index contributed by atoms with van der Waals surface area (Å²) in [7, 11) is -3.38. The fourth-order valence-electron chi connectivity index (χ4n) is 2.09. The summed E-state index contributed by atoms with van der Waals surface area (Å²) >= 11 is 7.38. The van der Waals surface area contributed by atoms with Crippen LogP contribution in [0.5, 0.6) is 0 Å². The number of nitrogens with one attached hydrogen (secondary N) is 1. The average molecular weight is 350 g/mol. The molecule has 1 aliphatic rings. The Morgan fingerprint density at radius 2 is 2.10 bits per heavy atom. The van der Waals surface area contributed by atoms with E-state index in [1.165, 1.54) is 30.1 Å². The van der Waals surface area contributed by atoms with Crippen molar-refractivity contribution >= 4 is 38.7 Å². The first-order valence-corrected chi connectivity index (χ1v) is 9.75. The summed E-state index contributed by atoms with van der Waals surface area (Å²) in [4.78, 5) is 13.3. The van der Waals surface area contributed by atoms with Crippen LogP contribution in [0.4, 0.5) is 0 Å². The van der Waals surface area contributed by atoms with Crippen molar-refractivity contribution < 1.29 is 13.2 Å². The Kier molecular flexibility index (Phi) is 5.00. The molecule has 1 aromatic rings. The van der Waals surface area contributed by atoms with Crippen molar-refractivity contribution in [3.8, 4) is 0 Å². The summed E-state index contributed by atoms with van der Waals surface area (Å²) in [5, 5.41) is 2.41. The number of sulfone groups is 1. The number of carbonyl (C=O) groups is 1. The molecule has 1 aromatic heterocycles. The van der Waals surface area contributed by atoms with E-state index in [1.807, 2.05) is 12.1 Å². The number of hydrogen-bond acceptors (Lipinski definition) is 4. The number of halogens is 1. The lowest BCUT2D eigenvalue weighted by Gasteiger charge is -2.23. The molecule has 0 aromatic carbocycles. The van der Waals surface area contributed by atoms with Crippen LogP contribution in [-0.2, 0) is 21.1 Å². The maximum Gasteiger partial charge on any atom is 0.240 e. The maximum atomic E-state index is 12.2. The van der Waals surface area contributed by atoms with Crippen molar-refractivity contribution in [2.45, 2.75) is 49.5 Å². The van der Waals surface area contributed by atoms with Gasteiger partial charge in [-0.2, -0.15) is 0 Å². The van der Waals surface area contributed by atoms with E-state index in [9.17, 15) is 13.2 Å². The van der Waals surface area contributed by atoms with Gasteiger partial charge < -0.3 is 5.32 Å². The fourth-order valence-corrected chi connectivity index (χ4v) is 5.14. The number of hydrogen-bond donors (Lipinski definition) is 1. The highest BCUT2D eigenvalue weighted by molar-refractivity contribution is 7.94. The standard InChI is InChI=1S/C14H20ClNO3S2/c1-14(2,21(18,19)11-6-7-11)13(17)16-9-3-4-10-5-8-12(15)20-10/h5,8,11H,3-4,6-7,9H2,1-2H3,(H,16,17). The molecule has 1 N–H and O–H groups in total. The summed E-state index contributed by atoms with van der Waals surface area (Å²) in [6.07, 6.45) is 2.95. The minimum Gasteiger partial charge on any atom is -0.355 e. The zero-order valence-electron chi connectivity index (χ0n) is 12.2.